The van der Waals surface area contributed by atoms with E-state index in [1.165, 1.54) is 18.3 Å². The van der Waals surface area contributed by atoms with Crippen molar-refractivity contribution in [3.05, 3.63) is 53.2 Å². The lowest BCUT2D eigenvalue weighted by Crippen LogP contribution is -2.27. The van der Waals surface area contributed by atoms with Gasteiger partial charge in [0.15, 0.2) is 0 Å². The minimum atomic E-state index is -3.67. The molecule has 1 unspecified atom stereocenters. The van der Waals surface area contributed by atoms with E-state index in [1.54, 1.807) is 31.2 Å². The number of aromatic nitrogens is 1. The molecule has 2 aromatic rings. The van der Waals surface area contributed by atoms with Crippen molar-refractivity contribution in [2.24, 2.45) is 5.84 Å². The third-order valence-electron chi connectivity index (χ3n) is 2.89. The number of hydrazine groups is 1. The second-order valence-electron chi connectivity index (χ2n) is 4.42. The number of hydrogen-bond acceptors (Lipinski definition) is 5. The molecule has 21 heavy (non-hydrogen) atoms. The molecular formula is C13H15ClN4O2S. The molecule has 4 N–H and O–H groups in total. The van der Waals surface area contributed by atoms with Gasteiger partial charge in [0.1, 0.15) is 5.82 Å². The zero-order valence-electron chi connectivity index (χ0n) is 11.2. The molecule has 1 heterocycles. The SMILES string of the molecule is CC(NS(=O)(=O)c1ccnc(NN)c1)c1ccc(Cl)cc1. The molecule has 0 aliphatic carbocycles. The van der Waals surface area contributed by atoms with Crippen LogP contribution in [0.3, 0.4) is 0 Å². The van der Waals surface area contributed by atoms with Gasteiger partial charge in [0.25, 0.3) is 0 Å². The molecule has 1 atom stereocenters. The van der Waals surface area contributed by atoms with Gasteiger partial charge in [-0.2, -0.15) is 0 Å². The molecule has 0 spiro atoms. The monoisotopic (exact) mass is 326 g/mol. The highest BCUT2D eigenvalue weighted by atomic mass is 35.5. The normalized spacial score (nSPS) is 12.9. The average Bonchev–Trinajstić information content (AvgIpc) is 2.47. The van der Waals surface area contributed by atoms with Gasteiger partial charge >= 0.3 is 0 Å². The molecule has 1 aromatic heterocycles. The fourth-order valence-electron chi connectivity index (χ4n) is 1.78. The van der Waals surface area contributed by atoms with E-state index >= 15 is 0 Å². The molecule has 0 saturated heterocycles. The summed E-state index contributed by atoms with van der Waals surface area (Å²) in [4.78, 5) is 3.96. The van der Waals surface area contributed by atoms with Gasteiger partial charge in [0, 0.05) is 23.3 Å². The summed E-state index contributed by atoms with van der Waals surface area (Å²) in [5.41, 5.74) is 3.13. The van der Waals surface area contributed by atoms with Crippen LogP contribution in [-0.2, 0) is 10.0 Å². The van der Waals surface area contributed by atoms with E-state index in [2.05, 4.69) is 15.1 Å². The van der Waals surface area contributed by atoms with Crippen molar-refractivity contribution in [2.75, 3.05) is 5.43 Å². The van der Waals surface area contributed by atoms with Gasteiger partial charge in [-0.05, 0) is 30.7 Å². The lowest BCUT2D eigenvalue weighted by Gasteiger charge is -2.15. The third kappa shape index (κ3) is 3.92. The van der Waals surface area contributed by atoms with Crippen LogP contribution in [0.2, 0.25) is 5.02 Å². The molecule has 0 saturated carbocycles. The summed E-state index contributed by atoms with van der Waals surface area (Å²) in [5.74, 6) is 5.50. The lowest BCUT2D eigenvalue weighted by atomic mass is 10.1. The number of rotatable bonds is 5. The van der Waals surface area contributed by atoms with Crippen molar-refractivity contribution in [1.29, 1.82) is 0 Å². The highest BCUT2D eigenvalue weighted by Gasteiger charge is 2.19. The van der Waals surface area contributed by atoms with Crippen LogP contribution in [0.5, 0.6) is 0 Å². The maximum atomic E-state index is 12.3. The first-order chi connectivity index (χ1) is 9.92. The van der Waals surface area contributed by atoms with E-state index in [0.717, 1.165) is 5.56 Å². The van der Waals surface area contributed by atoms with Crippen LogP contribution in [0.25, 0.3) is 0 Å². The summed E-state index contributed by atoms with van der Waals surface area (Å²) in [7, 11) is -3.67. The largest absolute Gasteiger partial charge is 0.308 e. The van der Waals surface area contributed by atoms with Crippen LogP contribution in [0.15, 0.2) is 47.5 Å². The maximum absolute atomic E-state index is 12.3. The minimum absolute atomic E-state index is 0.0891. The van der Waals surface area contributed by atoms with Crippen LogP contribution < -0.4 is 16.0 Å². The summed E-state index contributed by atoms with van der Waals surface area (Å²) in [6, 6.07) is 9.34. The van der Waals surface area contributed by atoms with E-state index in [1.807, 2.05) is 0 Å². The van der Waals surface area contributed by atoms with Crippen molar-refractivity contribution in [1.82, 2.24) is 9.71 Å². The predicted molar refractivity (Wildman–Crippen MR) is 82.2 cm³/mol. The number of nitrogens with two attached hydrogens (primary N) is 1. The van der Waals surface area contributed by atoms with E-state index in [0.29, 0.717) is 5.02 Å². The highest BCUT2D eigenvalue weighted by Crippen LogP contribution is 2.19. The molecule has 112 valence electrons. The van der Waals surface area contributed by atoms with Gasteiger partial charge < -0.3 is 5.43 Å². The second-order valence-corrected chi connectivity index (χ2v) is 6.57. The Bertz CT molecular complexity index is 719. The number of pyridine rings is 1. The van der Waals surface area contributed by atoms with Crippen molar-refractivity contribution >= 4 is 27.4 Å². The summed E-state index contributed by atoms with van der Waals surface area (Å²) < 4.78 is 27.2. The zero-order valence-corrected chi connectivity index (χ0v) is 12.8. The first-order valence-corrected chi connectivity index (χ1v) is 7.99. The molecule has 0 fully saturated rings. The van der Waals surface area contributed by atoms with Crippen LogP contribution in [0.1, 0.15) is 18.5 Å². The summed E-state index contributed by atoms with van der Waals surface area (Å²) >= 11 is 5.81. The smallest absolute Gasteiger partial charge is 0.241 e. The first kappa shape index (κ1) is 15.7. The number of nitrogens with zero attached hydrogens (tertiary/aromatic N) is 1. The Labute approximate surface area is 128 Å². The molecule has 1 aromatic carbocycles. The Kier molecular flexibility index (Phi) is 4.79. The fourth-order valence-corrected chi connectivity index (χ4v) is 3.15. The Balaban J connectivity index is 2.22. The van der Waals surface area contributed by atoms with Crippen LogP contribution in [0.4, 0.5) is 5.82 Å². The molecule has 0 radical (unpaired) electrons. The highest BCUT2D eigenvalue weighted by molar-refractivity contribution is 7.89. The molecule has 6 nitrogen and oxygen atoms in total. The van der Waals surface area contributed by atoms with Crippen molar-refractivity contribution in [3.63, 3.8) is 0 Å². The van der Waals surface area contributed by atoms with Crippen LogP contribution >= 0.6 is 11.6 Å². The van der Waals surface area contributed by atoms with Crippen LogP contribution in [0, 0.1) is 0 Å². The van der Waals surface area contributed by atoms with E-state index in [4.69, 9.17) is 17.4 Å². The van der Waals surface area contributed by atoms with Gasteiger partial charge in [-0.3, -0.25) is 0 Å². The first-order valence-electron chi connectivity index (χ1n) is 6.13. The Morgan fingerprint density at radius 3 is 2.52 bits per heavy atom. The molecule has 2 rings (SSSR count). The zero-order chi connectivity index (χ0) is 15.5. The average molecular weight is 327 g/mol. The van der Waals surface area contributed by atoms with Crippen LogP contribution in [-0.4, -0.2) is 13.4 Å². The number of hydrogen-bond donors (Lipinski definition) is 3. The van der Waals surface area contributed by atoms with Gasteiger partial charge in [0.2, 0.25) is 10.0 Å². The van der Waals surface area contributed by atoms with Crippen molar-refractivity contribution in [2.45, 2.75) is 17.9 Å². The predicted octanol–water partition coefficient (Wildman–Crippen LogP) is 2.06. The number of halogens is 1. The molecule has 8 heteroatoms. The van der Waals surface area contributed by atoms with E-state index in [-0.39, 0.29) is 10.7 Å². The number of anilines is 1. The molecule has 0 aliphatic rings. The van der Waals surface area contributed by atoms with Gasteiger partial charge in [-0.25, -0.2) is 24.0 Å². The Morgan fingerprint density at radius 1 is 1.24 bits per heavy atom. The van der Waals surface area contributed by atoms with Gasteiger partial charge in [0.05, 0.1) is 4.90 Å². The summed E-state index contributed by atoms with van der Waals surface area (Å²) in [6.45, 7) is 1.75. The molecule has 0 bridgehead atoms. The number of nitrogen functional groups attached to an aromatic ring is 1. The number of nitrogens with one attached hydrogen (secondary N) is 2. The van der Waals surface area contributed by atoms with E-state index < -0.39 is 16.1 Å². The Morgan fingerprint density at radius 2 is 1.90 bits per heavy atom. The molecular weight excluding hydrogens is 312 g/mol. The van der Waals surface area contributed by atoms with Crippen molar-refractivity contribution < 1.29 is 8.42 Å². The minimum Gasteiger partial charge on any atom is -0.308 e. The van der Waals surface area contributed by atoms with Crippen molar-refractivity contribution in [3.8, 4) is 0 Å². The summed E-state index contributed by atoms with van der Waals surface area (Å²) in [6.07, 6.45) is 1.37. The maximum Gasteiger partial charge on any atom is 0.241 e. The topological polar surface area (TPSA) is 97.1 Å². The quantitative estimate of drug-likeness (QED) is 0.577. The molecule has 0 amide bonds. The standard InChI is InChI=1S/C13H15ClN4O2S/c1-9(10-2-4-11(14)5-3-10)18-21(19,20)12-6-7-16-13(8-12)17-15/h2-9,18H,15H2,1H3,(H,16,17). The number of sulfonamides is 1. The number of benzene rings is 1. The second kappa shape index (κ2) is 6.40. The Hall–Kier alpha value is -1.67. The van der Waals surface area contributed by atoms with Gasteiger partial charge in [-0.1, -0.05) is 23.7 Å². The summed E-state index contributed by atoms with van der Waals surface area (Å²) in [5, 5.41) is 0.599. The third-order valence-corrected chi connectivity index (χ3v) is 4.68. The molecule has 0 aliphatic heterocycles. The van der Waals surface area contributed by atoms with E-state index in [9.17, 15) is 8.42 Å². The lowest BCUT2D eigenvalue weighted by molar-refractivity contribution is 0.567. The fraction of sp³-hybridized carbons (Fsp3) is 0.154. The van der Waals surface area contributed by atoms with Gasteiger partial charge in [-0.15, -0.1) is 0 Å².